The van der Waals surface area contributed by atoms with Gasteiger partial charge in [-0.2, -0.15) is 0 Å². The number of amides is 1. The summed E-state index contributed by atoms with van der Waals surface area (Å²) in [7, 11) is 0. The maximum absolute atomic E-state index is 11.8. The van der Waals surface area contributed by atoms with Crippen molar-refractivity contribution in [1.82, 2.24) is 5.32 Å². The number of nitrogens with one attached hydrogen (secondary N) is 2. The number of carbonyl (C=O) groups is 1. The highest BCUT2D eigenvalue weighted by molar-refractivity contribution is 6.30. The molecule has 0 atom stereocenters. The van der Waals surface area contributed by atoms with Crippen LogP contribution in [0.25, 0.3) is 0 Å². The Bertz CT molecular complexity index is 618. The van der Waals surface area contributed by atoms with Crippen LogP contribution in [0.15, 0.2) is 42.5 Å². The second-order valence-corrected chi connectivity index (χ2v) is 5.89. The second kappa shape index (κ2) is 7.85. The van der Waals surface area contributed by atoms with Crippen molar-refractivity contribution in [2.45, 2.75) is 20.3 Å². The van der Waals surface area contributed by atoms with Crippen molar-refractivity contribution in [3.63, 3.8) is 0 Å². The topological polar surface area (TPSA) is 41.1 Å². The van der Waals surface area contributed by atoms with Gasteiger partial charge in [-0.3, -0.25) is 4.79 Å². The highest BCUT2D eigenvalue weighted by Gasteiger charge is 2.02. The summed E-state index contributed by atoms with van der Waals surface area (Å²) in [5, 5.41) is 6.79. The molecule has 22 heavy (non-hydrogen) atoms. The summed E-state index contributed by atoms with van der Waals surface area (Å²) in [6, 6.07) is 13.9. The first kappa shape index (κ1) is 16.4. The molecule has 4 heteroatoms. The number of benzene rings is 2. The average molecular weight is 317 g/mol. The van der Waals surface area contributed by atoms with Crippen molar-refractivity contribution >= 4 is 23.2 Å². The number of halogens is 1. The maximum atomic E-state index is 11.8. The first-order valence-corrected chi connectivity index (χ1v) is 7.74. The van der Waals surface area contributed by atoms with Crippen LogP contribution in [0.1, 0.15) is 16.7 Å². The maximum Gasteiger partial charge on any atom is 0.239 e. The molecule has 0 unspecified atom stereocenters. The van der Waals surface area contributed by atoms with Gasteiger partial charge in [-0.1, -0.05) is 29.8 Å². The van der Waals surface area contributed by atoms with E-state index in [4.69, 9.17) is 11.6 Å². The molecule has 116 valence electrons. The molecule has 1 amide bonds. The van der Waals surface area contributed by atoms with E-state index < -0.39 is 0 Å². The van der Waals surface area contributed by atoms with Gasteiger partial charge in [0.25, 0.3) is 0 Å². The van der Waals surface area contributed by atoms with Crippen LogP contribution in [-0.2, 0) is 11.2 Å². The van der Waals surface area contributed by atoms with Crippen molar-refractivity contribution in [1.29, 1.82) is 0 Å². The highest BCUT2D eigenvalue weighted by Crippen LogP contribution is 2.13. The monoisotopic (exact) mass is 316 g/mol. The van der Waals surface area contributed by atoms with Crippen molar-refractivity contribution in [3.05, 3.63) is 64.2 Å². The SMILES string of the molecule is Cc1cc(C)cc(NCC(=O)NCCc2ccc(Cl)cc2)c1. The standard InChI is InChI=1S/C18H21ClN2O/c1-13-9-14(2)11-17(10-13)21-12-18(22)20-8-7-15-3-5-16(19)6-4-15/h3-6,9-11,21H,7-8,12H2,1-2H3,(H,20,22). The second-order valence-electron chi connectivity index (χ2n) is 5.46. The molecule has 0 fully saturated rings. The van der Waals surface area contributed by atoms with Gasteiger partial charge in [0, 0.05) is 17.3 Å². The van der Waals surface area contributed by atoms with Gasteiger partial charge in [0.1, 0.15) is 0 Å². The number of rotatable bonds is 6. The first-order chi connectivity index (χ1) is 10.5. The van der Waals surface area contributed by atoms with Crippen molar-refractivity contribution in [2.24, 2.45) is 0 Å². The minimum absolute atomic E-state index is 0.00637. The lowest BCUT2D eigenvalue weighted by Gasteiger charge is -2.09. The highest BCUT2D eigenvalue weighted by atomic mass is 35.5. The zero-order valence-corrected chi connectivity index (χ0v) is 13.7. The van der Waals surface area contributed by atoms with Crippen molar-refractivity contribution in [3.8, 4) is 0 Å². The Balaban J connectivity index is 1.72. The summed E-state index contributed by atoms with van der Waals surface area (Å²) in [4.78, 5) is 11.8. The molecule has 0 aliphatic rings. The van der Waals surface area contributed by atoms with Crippen LogP contribution < -0.4 is 10.6 Å². The van der Waals surface area contributed by atoms with E-state index in [-0.39, 0.29) is 12.5 Å². The minimum atomic E-state index is -0.00637. The molecule has 0 aliphatic carbocycles. The summed E-state index contributed by atoms with van der Waals surface area (Å²) >= 11 is 5.84. The van der Waals surface area contributed by atoms with Gasteiger partial charge >= 0.3 is 0 Å². The molecule has 3 nitrogen and oxygen atoms in total. The normalized spacial score (nSPS) is 10.3. The van der Waals surface area contributed by atoms with E-state index in [1.807, 2.05) is 50.2 Å². The molecule has 0 heterocycles. The number of carbonyl (C=O) groups excluding carboxylic acids is 1. The lowest BCUT2D eigenvalue weighted by atomic mass is 10.1. The van der Waals surface area contributed by atoms with E-state index in [9.17, 15) is 4.79 Å². The van der Waals surface area contributed by atoms with Crippen LogP contribution in [0.4, 0.5) is 5.69 Å². The van der Waals surface area contributed by atoms with Crippen molar-refractivity contribution < 1.29 is 4.79 Å². The fourth-order valence-electron chi connectivity index (χ4n) is 2.32. The number of hydrogen-bond donors (Lipinski definition) is 2. The predicted molar refractivity (Wildman–Crippen MR) is 92.6 cm³/mol. The number of aryl methyl sites for hydroxylation is 2. The Hall–Kier alpha value is -2.00. The summed E-state index contributed by atoms with van der Waals surface area (Å²) in [5.74, 6) is -0.00637. The van der Waals surface area contributed by atoms with E-state index in [2.05, 4.69) is 16.7 Å². The van der Waals surface area contributed by atoms with Crippen LogP contribution in [0.5, 0.6) is 0 Å². The molecular formula is C18H21ClN2O. The van der Waals surface area contributed by atoms with Gasteiger partial charge in [-0.05, 0) is 61.2 Å². The third kappa shape index (κ3) is 5.41. The van der Waals surface area contributed by atoms with E-state index in [0.29, 0.717) is 6.54 Å². The Labute approximate surface area is 136 Å². The average Bonchev–Trinajstić information content (AvgIpc) is 2.46. The van der Waals surface area contributed by atoms with Gasteiger partial charge in [-0.15, -0.1) is 0 Å². The van der Waals surface area contributed by atoms with Crippen LogP contribution in [0.2, 0.25) is 5.02 Å². The van der Waals surface area contributed by atoms with Crippen LogP contribution in [0.3, 0.4) is 0 Å². The molecule has 0 saturated carbocycles. The molecule has 2 aromatic rings. The molecular weight excluding hydrogens is 296 g/mol. The third-order valence-electron chi connectivity index (χ3n) is 3.32. The van der Waals surface area contributed by atoms with Crippen LogP contribution in [-0.4, -0.2) is 19.0 Å². The van der Waals surface area contributed by atoms with Crippen LogP contribution >= 0.6 is 11.6 Å². The van der Waals surface area contributed by atoms with E-state index in [1.54, 1.807) is 0 Å². The van der Waals surface area contributed by atoms with Gasteiger partial charge in [0.2, 0.25) is 5.91 Å². The minimum Gasteiger partial charge on any atom is -0.376 e. The van der Waals surface area contributed by atoms with E-state index >= 15 is 0 Å². The molecule has 0 aromatic heterocycles. The molecule has 2 N–H and O–H groups in total. The zero-order valence-electron chi connectivity index (χ0n) is 12.9. The third-order valence-corrected chi connectivity index (χ3v) is 3.58. The van der Waals surface area contributed by atoms with Gasteiger partial charge < -0.3 is 10.6 Å². The molecule has 0 bridgehead atoms. The summed E-state index contributed by atoms with van der Waals surface area (Å²) in [6.07, 6.45) is 0.798. The summed E-state index contributed by atoms with van der Waals surface area (Å²) in [5.41, 5.74) is 4.51. The lowest BCUT2D eigenvalue weighted by Crippen LogP contribution is -2.31. The van der Waals surface area contributed by atoms with Crippen molar-refractivity contribution in [2.75, 3.05) is 18.4 Å². The molecule has 0 spiro atoms. The smallest absolute Gasteiger partial charge is 0.239 e. The Morgan fingerprint density at radius 3 is 2.32 bits per heavy atom. The van der Waals surface area contributed by atoms with Gasteiger partial charge in [-0.25, -0.2) is 0 Å². The van der Waals surface area contributed by atoms with Crippen LogP contribution in [0, 0.1) is 13.8 Å². The van der Waals surface area contributed by atoms with Gasteiger partial charge in [0.15, 0.2) is 0 Å². The fourth-order valence-corrected chi connectivity index (χ4v) is 2.44. The van der Waals surface area contributed by atoms with E-state index in [0.717, 1.165) is 22.7 Å². The van der Waals surface area contributed by atoms with E-state index in [1.165, 1.54) is 11.1 Å². The Morgan fingerprint density at radius 2 is 1.68 bits per heavy atom. The number of hydrogen-bond acceptors (Lipinski definition) is 2. The molecule has 2 rings (SSSR count). The molecule has 0 aliphatic heterocycles. The summed E-state index contributed by atoms with van der Waals surface area (Å²) < 4.78 is 0. The number of anilines is 1. The molecule has 0 radical (unpaired) electrons. The Kier molecular flexibility index (Phi) is 5.84. The Morgan fingerprint density at radius 1 is 1.05 bits per heavy atom. The predicted octanol–water partition coefficient (Wildman–Crippen LogP) is 3.73. The largest absolute Gasteiger partial charge is 0.376 e. The lowest BCUT2D eigenvalue weighted by molar-refractivity contribution is -0.119. The fraction of sp³-hybridized carbons (Fsp3) is 0.278. The molecule has 2 aromatic carbocycles. The summed E-state index contributed by atoms with van der Waals surface area (Å²) in [6.45, 7) is 4.99. The zero-order chi connectivity index (χ0) is 15.9. The quantitative estimate of drug-likeness (QED) is 0.852. The van der Waals surface area contributed by atoms with Gasteiger partial charge in [0.05, 0.1) is 6.54 Å². The first-order valence-electron chi connectivity index (χ1n) is 7.36. The molecule has 0 saturated heterocycles.